The Balaban J connectivity index is 2.02. The molecule has 0 saturated carbocycles. The lowest BCUT2D eigenvalue weighted by Crippen LogP contribution is -2.64. The van der Waals surface area contributed by atoms with Gasteiger partial charge < -0.3 is 19.9 Å². The van der Waals surface area contributed by atoms with Crippen molar-refractivity contribution in [3.8, 4) is 0 Å². The van der Waals surface area contributed by atoms with Crippen LogP contribution in [0, 0.1) is 11.8 Å². The van der Waals surface area contributed by atoms with Gasteiger partial charge in [-0.1, -0.05) is 0 Å². The molecule has 1 N–H and O–H groups in total. The maximum absolute atomic E-state index is 12.2. The molecule has 0 radical (unpaired) electrons. The van der Waals surface area contributed by atoms with E-state index in [9.17, 15) is 4.79 Å². The van der Waals surface area contributed by atoms with Gasteiger partial charge in [-0.25, -0.2) is 4.79 Å². The zero-order valence-corrected chi connectivity index (χ0v) is 12.8. The minimum absolute atomic E-state index is 0.165. The van der Waals surface area contributed by atoms with Crippen LogP contribution in [0.15, 0.2) is 0 Å². The molecule has 2 aliphatic rings. The van der Waals surface area contributed by atoms with E-state index in [4.69, 9.17) is 4.74 Å². The van der Waals surface area contributed by atoms with Crippen LogP contribution in [0.5, 0.6) is 0 Å². The van der Waals surface area contributed by atoms with E-state index in [2.05, 4.69) is 17.3 Å². The van der Waals surface area contributed by atoms with Crippen LogP contribution in [-0.2, 0) is 4.74 Å². The molecule has 1 amide bonds. The SMILES string of the molecule is CNC1C2CN(C)CC1CN(C(=O)OC(C)(C)C)C2. The van der Waals surface area contributed by atoms with Crippen LogP contribution < -0.4 is 5.32 Å². The summed E-state index contributed by atoms with van der Waals surface area (Å²) >= 11 is 0. The number of rotatable bonds is 1. The van der Waals surface area contributed by atoms with Gasteiger partial charge in [0.15, 0.2) is 0 Å². The molecule has 0 aliphatic carbocycles. The second-order valence-electron chi connectivity index (χ2n) is 6.94. The Kier molecular flexibility index (Phi) is 4.06. The molecule has 0 spiro atoms. The Labute approximate surface area is 116 Å². The highest BCUT2D eigenvalue weighted by Crippen LogP contribution is 2.29. The quantitative estimate of drug-likeness (QED) is 0.771. The van der Waals surface area contributed by atoms with Crippen LogP contribution >= 0.6 is 0 Å². The van der Waals surface area contributed by atoms with Gasteiger partial charge in [-0.15, -0.1) is 0 Å². The van der Waals surface area contributed by atoms with E-state index in [1.165, 1.54) is 0 Å². The maximum Gasteiger partial charge on any atom is 0.410 e. The van der Waals surface area contributed by atoms with Crippen LogP contribution in [0.25, 0.3) is 0 Å². The summed E-state index contributed by atoms with van der Waals surface area (Å²) < 4.78 is 5.49. The molecular formula is C14H27N3O2. The molecule has 2 fully saturated rings. The molecule has 2 aliphatic heterocycles. The highest BCUT2D eigenvalue weighted by Gasteiger charge is 2.42. The zero-order valence-electron chi connectivity index (χ0n) is 12.8. The minimum atomic E-state index is -0.414. The van der Waals surface area contributed by atoms with Crippen LogP contribution in [0.1, 0.15) is 20.8 Å². The number of fused-ring (bicyclic) bond motifs is 2. The Morgan fingerprint density at radius 2 is 1.68 bits per heavy atom. The van der Waals surface area contributed by atoms with Gasteiger partial charge in [0.25, 0.3) is 0 Å². The van der Waals surface area contributed by atoms with Crippen LogP contribution in [0.2, 0.25) is 0 Å². The molecule has 0 aromatic carbocycles. The predicted octanol–water partition coefficient (Wildman–Crippen LogP) is 1.00. The molecular weight excluding hydrogens is 242 g/mol. The first-order valence-corrected chi connectivity index (χ1v) is 7.14. The lowest BCUT2D eigenvalue weighted by atomic mass is 9.80. The number of nitrogens with one attached hydrogen (secondary N) is 1. The summed E-state index contributed by atoms with van der Waals surface area (Å²) in [6.45, 7) is 9.42. The van der Waals surface area contributed by atoms with Gasteiger partial charge in [0.1, 0.15) is 5.60 Å². The van der Waals surface area contributed by atoms with Gasteiger partial charge in [0.2, 0.25) is 0 Å². The van der Waals surface area contributed by atoms with E-state index in [1.807, 2.05) is 32.7 Å². The maximum atomic E-state index is 12.2. The molecule has 5 heteroatoms. The Morgan fingerprint density at radius 3 is 2.11 bits per heavy atom. The van der Waals surface area contributed by atoms with Crippen molar-refractivity contribution in [1.29, 1.82) is 0 Å². The summed E-state index contributed by atoms with van der Waals surface area (Å²) in [6.07, 6.45) is -0.165. The fourth-order valence-corrected chi connectivity index (χ4v) is 3.42. The third-order valence-corrected chi connectivity index (χ3v) is 4.00. The largest absolute Gasteiger partial charge is 0.444 e. The fraction of sp³-hybridized carbons (Fsp3) is 0.929. The summed E-state index contributed by atoms with van der Waals surface area (Å²) in [5.41, 5.74) is -0.414. The number of carbonyl (C=O) groups is 1. The molecule has 2 unspecified atom stereocenters. The Bertz CT molecular complexity index is 324. The first-order chi connectivity index (χ1) is 8.80. The van der Waals surface area contributed by atoms with E-state index in [0.29, 0.717) is 17.9 Å². The predicted molar refractivity (Wildman–Crippen MR) is 75.1 cm³/mol. The Morgan fingerprint density at radius 1 is 1.16 bits per heavy atom. The highest BCUT2D eigenvalue weighted by molar-refractivity contribution is 5.68. The van der Waals surface area contributed by atoms with Crippen molar-refractivity contribution in [2.75, 3.05) is 40.3 Å². The van der Waals surface area contributed by atoms with E-state index in [0.717, 1.165) is 26.2 Å². The van der Waals surface area contributed by atoms with Crippen LogP contribution in [0.3, 0.4) is 0 Å². The standard InChI is InChI=1S/C14H27N3O2/c1-14(2,3)19-13(18)17-8-10-6-16(5)7-11(9-17)12(10)15-4/h10-12,15H,6-9H2,1-5H3. The van der Waals surface area contributed by atoms with E-state index >= 15 is 0 Å². The summed E-state index contributed by atoms with van der Waals surface area (Å²) in [5.74, 6) is 0.991. The van der Waals surface area contributed by atoms with E-state index in [-0.39, 0.29) is 6.09 Å². The molecule has 0 aromatic rings. The normalized spacial score (nSPS) is 32.3. The highest BCUT2D eigenvalue weighted by atomic mass is 16.6. The van der Waals surface area contributed by atoms with E-state index < -0.39 is 5.60 Å². The summed E-state index contributed by atoms with van der Waals surface area (Å²) in [5, 5.41) is 3.43. The third-order valence-electron chi connectivity index (χ3n) is 4.00. The monoisotopic (exact) mass is 269 g/mol. The van der Waals surface area contributed by atoms with Crippen LogP contribution in [0.4, 0.5) is 4.79 Å². The van der Waals surface area contributed by atoms with Gasteiger partial charge in [0.05, 0.1) is 0 Å². The Hall–Kier alpha value is -0.810. The number of amides is 1. The molecule has 5 nitrogen and oxygen atoms in total. The lowest BCUT2D eigenvalue weighted by molar-refractivity contribution is -0.0182. The average molecular weight is 269 g/mol. The third kappa shape index (κ3) is 3.39. The number of ether oxygens (including phenoxy) is 1. The molecule has 2 rings (SSSR count). The zero-order chi connectivity index (χ0) is 14.2. The minimum Gasteiger partial charge on any atom is -0.444 e. The topological polar surface area (TPSA) is 44.8 Å². The second kappa shape index (κ2) is 5.29. The van der Waals surface area contributed by atoms with Crippen molar-refractivity contribution in [2.45, 2.75) is 32.4 Å². The second-order valence-corrected chi connectivity index (χ2v) is 6.94. The first-order valence-electron chi connectivity index (χ1n) is 7.14. The van der Waals surface area contributed by atoms with Crippen molar-refractivity contribution >= 4 is 6.09 Å². The van der Waals surface area contributed by atoms with Gasteiger partial charge in [-0.3, -0.25) is 0 Å². The molecule has 2 saturated heterocycles. The molecule has 0 aromatic heterocycles. The number of nitrogens with zero attached hydrogens (tertiary/aromatic N) is 2. The van der Waals surface area contributed by atoms with Crippen molar-refractivity contribution in [1.82, 2.24) is 15.1 Å². The van der Waals surface area contributed by atoms with E-state index in [1.54, 1.807) is 0 Å². The van der Waals surface area contributed by atoms with Gasteiger partial charge in [0, 0.05) is 44.1 Å². The number of piperidine rings is 2. The van der Waals surface area contributed by atoms with Crippen molar-refractivity contribution in [3.63, 3.8) is 0 Å². The summed E-state index contributed by atoms with van der Waals surface area (Å²) in [4.78, 5) is 16.5. The number of carbonyl (C=O) groups excluding carboxylic acids is 1. The summed E-state index contributed by atoms with van der Waals surface area (Å²) in [6, 6.07) is 0.523. The van der Waals surface area contributed by atoms with Crippen molar-refractivity contribution < 1.29 is 9.53 Å². The lowest BCUT2D eigenvalue weighted by Gasteiger charge is -2.49. The fourth-order valence-electron chi connectivity index (χ4n) is 3.42. The number of hydrogen-bond acceptors (Lipinski definition) is 4. The van der Waals surface area contributed by atoms with Crippen molar-refractivity contribution in [2.24, 2.45) is 11.8 Å². The number of likely N-dealkylation sites (tertiary alicyclic amines) is 2. The smallest absolute Gasteiger partial charge is 0.410 e. The molecule has 2 atom stereocenters. The van der Waals surface area contributed by atoms with Crippen LogP contribution in [-0.4, -0.2) is 67.8 Å². The van der Waals surface area contributed by atoms with Crippen molar-refractivity contribution in [3.05, 3.63) is 0 Å². The van der Waals surface area contributed by atoms with Gasteiger partial charge in [-0.05, 0) is 34.9 Å². The molecule has 2 heterocycles. The molecule has 110 valence electrons. The van der Waals surface area contributed by atoms with Gasteiger partial charge >= 0.3 is 6.09 Å². The molecule has 19 heavy (non-hydrogen) atoms. The molecule has 2 bridgehead atoms. The first kappa shape index (κ1) is 14.6. The van der Waals surface area contributed by atoms with Gasteiger partial charge in [-0.2, -0.15) is 0 Å². The summed E-state index contributed by atoms with van der Waals surface area (Å²) in [7, 11) is 4.19. The average Bonchev–Trinajstić information content (AvgIpc) is 2.24. The number of hydrogen-bond donors (Lipinski definition) is 1.